The lowest BCUT2D eigenvalue weighted by Crippen LogP contribution is -2.24. The summed E-state index contributed by atoms with van der Waals surface area (Å²) in [7, 11) is 1.32. The first-order chi connectivity index (χ1) is 9.11. The number of esters is 1. The quantitative estimate of drug-likeness (QED) is 0.616. The maximum atomic E-state index is 12.0. The van der Waals surface area contributed by atoms with E-state index >= 15 is 0 Å². The van der Waals surface area contributed by atoms with Gasteiger partial charge in [-0.25, -0.2) is 4.79 Å². The van der Waals surface area contributed by atoms with Crippen LogP contribution in [0.3, 0.4) is 0 Å². The van der Waals surface area contributed by atoms with Crippen LogP contribution in [-0.4, -0.2) is 17.6 Å². The van der Waals surface area contributed by atoms with Gasteiger partial charge in [-0.2, -0.15) is 0 Å². The van der Waals surface area contributed by atoms with Crippen molar-refractivity contribution in [1.82, 2.24) is 4.57 Å². The fraction of sp³-hybridized carbons (Fsp3) is 0.143. The van der Waals surface area contributed by atoms with Crippen molar-refractivity contribution in [2.24, 2.45) is 0 Å². The molecule has 0 N–H and O–H groups in total. The minimum absolute atomic E-state index is 0.114. The molecule has 0 aliphatic heterocycles. The average Bonchev–Trinajstić information content (AvgIpc) is 2.44. The Kier molecular flexibility index (Phi) is 4.36. The van der Waals surface area contributed by atoms with Crippen LogP contribution in [0.2, 0.25) is 0 Å². The molecule has 0 aliphatic rings. The number of carbonyl (C=O) groups is 1. The summed E-state index contributed by atoms with van der Waals surface area (Å²) >= 11 is 1.93. The molecule has 19 heavy (non-hydrogen) atoms. The Morgan fingerprint density at radius 1 is 1.32 bits per heavy atom. The fourth-order valence-electron chi connectivity index (χ4n) is 1.73. The van der Waals surface area contributed by atoms with Gasteiger partial charge < -0.3 is 9.30 Å². The van der Waals surface area contributed by atoms with E-state index in [-0.39, 0.29) is 5.56 Å². The predicted octanol–water partition coefficient (Wildman–Crippen LogP) is 2.29. The fourth-order valence-corrected chi connectivity index (χ4v) is 2.37. The van der Waals surface area contributed by atoms with Crippen LogP contribution in [0.1, 0.15) is 15.9 Å². The van der Waals surface area contributed by atoms with E-state index in [4.69, 9.17) is 0 Å². The third-order valence-corrected chi connectivity index (χ3v) is 3.43. The summed E-state index contributed by atoms with van der Waals surface area (Å²) < 4.78 is 6.69. The Morgan fingerprint density at radius 2 is 2.00 bits per heavy atom. The molecule has 0 fully saturated rings. The van der Waals surface area contributed by atoms with Crippen molar-refractivity contribution in [2.45, 2.75) is 6.54 Å². The number of ether oxygens (including phenoxy) is 1. The highest BCUT2D eigenvalue weighted by Crippen LogP contribution is 2.07. The minimum atomic E-state index is -0.445. The molecule has 2 rings (SSSR count). The van der Waals surface area contributed by atoms with Gasteiger partial charge in [0.25, 0.3) is 5.56 Å². The molecule has 2 aromatic rings. The van der Waals surface area contributed by atoms with Gasteiger partial charge >= 0.3 is 5.97 Å². The second kappa shape index (κ2) is 6.01. The summed E-state index contributed by atoms with van der Waals surface area (Å²) in [5, 5.41) is 0. The molecule has 1 aromatic heterocycles. The number of hydrogen-bond acceptors (Lipinski definition) is 3. The largest absolute Gasteiger partial charge is 0.465 e. The smallest absolute Gasteiger partial charge is 0.339 e. The highest BCUT2D eigenvalue weighted by Gasteiger charge is 2.11. The monoisotopic (exact) mass is 369 g/mol. The number of benzene rings is 1. The van der Waals surface area contributed by atoms with Gasteiger partial charge in [-0.05, 0) is 34.2 Å². The Labute approximate surface area is 124 Å². The summed E-state index contributed by atoms with van der Waals surface area (Å²) in [6, 6.07) is 11.1. The summed E-state index contributed by atoms with van der Waals surface area (Å²) in [4.78, 5) is 23.6. The molecule has 0 spiro atoms. The van der Waals surface area contributed by atoms with Crippen LogP contribution in [0.4, 0.5) is 0 Å². The van der Waals surface area contributed by atoms with Gasteiger partial charge in [0.15, 0.2) is 0 Å². The summed E-state index contributed by atoms with van der Waals surface area (Å²) in [5.41, 5.74) is 1.27. The number of halogens is 1. The normalized spacial score (nSPS) is 10.2. The van der Waals surface area contributed by atoms with Gasteiger partial charge in [0.1, 0.15) is 0 Å². The molecular weight excluding hydrogens is 357 g/mol. The number of aromatic nitrogens is 1. The molecule has 5 heteroatoms. The van der Waals surface area contributed by atoms with Crippen LogP contribution in [0.5, 0.6) is 0 Å². The topological polar surface area (TPSA) is 48.3 Å². The number of methoxy groups -OCH3 is 1. The first-order valence-corrected chi connectivity index (χ1v) is 6.72. The molecule has 0 unspecified atom stereocenters. The van der Waals surface area contributed by atoms with Crippen molar-refractivity contribution in [3.63, 3.8) is 0 Å². The van der Waals surface area contributed by atoms with Crippen molar-refractivity contribution in [2.75, 3.05) is 7.11 Å². The van der Waals surface area contributed by atoms with Crippen molar-refractivity contribution < 1.29 is 9.53 Å². The van der Waals surface area contributed by atoms with Gasteiger partial charge in [-0.3, -0.25) is 4.79 Å². The molecular formula is C14H12INO3. The molecule has 98 valence electrons. The molecule has 0 atom stereocenters. The number of carbonyl (C=O) groups excluding carboxylic acids is 1. The van der Waals surface area contributed by atoms with Crippen LogP contribution in [-0.2, 0) is 11.3 Å². The lowest BCUT2D eigenvalue weighted by molar-refractivity contribution is 0.0599. The molecule has 0 amide bonds. The highest BCUT2D eigenvalue weighted by molar-refractivity contribution is 14.1. The molecule has 1 aromatic carbocycles. The summed E-state index contributed by atoms with van der Waals surface area (Å²) in [5.74, 6) is -0.445. The van der Waals surface area contributed by atoms with Gasteiger partial charge in [-0.1, -0.05) is 30.3 Å². The molecule has 0 saturated heterocycles. The van der Waals surface area contributed by atoms with E-state index in [0.717, 1.165) is 5.56 Å². The van der Waals surface area contributed by atoms with Crippen LogP contribution in [0.25, 0.3) is 0 Å². The predicted molar refractivity (Wildman–Crippen MR) is 80.3 cm³/mol. The molecule has 4 nitrogen and oxygen atoms in total. The van der Waals surface area contributed by atoms with Crippen molar-refractivity contribution >= 4 is 28.6 Å². The van der Waals surface area contributed by atoms with Gasteiger partial charge in [-0.15, -0.1) is 0 Å². The van der Waals surface area contributed by atoms with E-state index in [1.165, 1.54) is 23.9 Å². The second-order valence-corrected chi connectivity index (χ2v) is 5.15. The average molecular weight is 369 g/mol. The molecule has 0 saturated carbocycles. The van der Waals surface area contributed by atoms with Crippen LogP contribution in [0.15, 0.2) is 47.4 Å². The van der Waals surface area contributed by atoms with E-state index in [0.29, 0.717) is 15.7 Å². The lowest BCUT2D eigenvalue weighted by atomic mass is 10.2. The van der Waals surface area contributed by atoms with Crippen LogP contribution >= 0.6 is 22.6 Å². The van der Waals surface area contributed by atoms with Crippen molar-refractivity contribution in [3.8, 4) is 0 Å². The van der Waals surface area contributed by atoms with Gasteiger partial charge in [0.05, 0.1) is 22.8 Å². The van der Waals surface area contributed by atoms with E-state index in [2.05, 4.69) is 4.74 Å². The lowest BCUT2D eigenvalue weighted by Gasteiger charge is -2.08. The molecule has 0 aliphatic carbocycles. The maximum absolute atomic E-state index is 12.0. The Bertz CT molecular complexity index is 649. The van der Waals surface area contributed by atoms with Crippen molar-refractivity contribution in [3.05, 3.63) is 67.6 Å². The first kappa shape index (κ1) is 13.8. The van der Waals surface area contributed by atoms with Gasteiger partial charge in [0.2, 0.25) is 0 Å². The van der Waals surface area contributed by atoms with E-state index in [9.17, 15) is 9.59 Å². The van der Waals surface area contributed by atoms with E-state index < -0.39 is 5.97 Å². The van der Waals surface area contributed by atoms with Crippen molar-refractivity contribution in [1.29, 1.82) is 0 Å². The molecule has 0 radical (unpaired) electrons. The van der Waals surface area contributed by atoms with E-state index in [1.54, 1.807) is 0 Å². The SMILES string of the molecule is COC(=O)c1cc(I)c(=O)n(Cc2ccccc2)c1. The first-order valence-electron chi connectivity index (χ1n) is 5.64. The third kappa shape index (κ3) is 3.23. The Morgan fingerprint density at radius 3 is 2.63 bits per heavy atom. The van der Waals surface area contributed by atoms with Crippen LogP contribution < -0.4 is 5.56 Å². The number of pyridine rings is 1. The number of nitrogens with zero attached hydrogens (tertiary/aromatic N) is 1. The third-order valence-electron chi connectivity index (χ3n) is 2.66. The maximum Gasteiger partial charge on any atom is 0.339 e. The summed E-state index contributed by atoms with van der Waals surface area (Å²) in [6.07, 6.45) is 1.53. The van der Waals surface area contributed by atoms with Crippen LogP contribution in [0, 0.1) is 3.57 Å². The number of hydrogen-bond donors (Lipinski definition) is 0. The zero-order chi connectivity index (χ0) is 13.8. The highest BCUT2D eigenvalue weighted by atomic mass is 127. The number of rotatable bonds is 3. The molecule has 0 bridgehead atoms. The van der Waals surface area contributed by atoms with E-state index in [1.807, 2.05) is 52.9 Å². The standard InChI is InChI=1S/C14H12INO3/c1-19-14(18)11-7-12(15)13(17)16(9-11)8-10-5-3-2-4-6-10/h2-7,9H,8H2,1H3. The second-order valence-electron chi connectivity index (χ2n) is 3.99. The zero-order valence-electron chi connectivity index (χ0n) is 10.3. The molecule has 1 heterocycles. The summed E-state index contributed by atoms with van der Waals surface area (Å²) in [6.45, 7) is 0.431. The Hall–Kier alpha value is -1.63. The minimum Gasteiger partial charge on any atom is -0.465 e. The Balaban J connectivity index is 2.42. The van der Waals surface area contributed by atoms with Gasteiger partial charge in [0, 0.05) is 6.20 Å². The zero-order valence-corrected chi connectivity index (χ0v) is 12.5.